The summed E-state index contributed by atoms with van der Waals surface area (Å²) in [6.45, 7) is 2.40. The molecule has 5 rings (SSSR count). The predicted octanol–water partition coefficient (Wildman–Crippen LogP) is 1.91. The molecule has 5 heterocycles. The monoisotopic (exact) mass is 515 g/mol. The van der Waals surface area contributed by atoms with Crippen molar-refractivity contribution in [3.8, 4) is 11.4 Å². The number of rotatable bonds is 7. The van der Waals surface area contributed by atoms with Gasteiger partial charge in [0.25, 0.3) is 0 Å². The minimum absolute atomic E-state index is 0.00647. The Bertz CT molecular complexity index is 1300. The quantitative estimate of drug-likeness (QED) is 0.435. The van der Waals surface area contributed by atoms with Gasteiger partial charge in [0.2, 0.25) is 11.8 Å². The zero-order chi connectivity index (χ0) is 26.2. The number of nitrogens with zero attached hydrogens (tertiary/aromatic N) is 6. The molecule has 0 saturated carbocycles. The maximum atomic E-state index is 13.0. The summed E-state index contributed by atoms with van der Waals surface area (Å²) < 4.78 is 38.4. The van der Waals surface area contributed by atoms with Gasteiger partial charge < -0.3 is 20.4 Å². The van der Waals surface area contributed by atoms with Gasteiger partial charge in [0.15, 0.2) is 11.6 Å². The maximum Gasteiger partial charge on any atom is 0.408 e. The number of nitrogens with one attached hydrogen (secondary N) is 3. The van der Waals surface area contributed by atoms with Crippen molar-refractivity contribution < 1.29 is 22.8 Å². The highest BCUT2D eigenvalue weighted by atomic mass is 19.4. The summed E-state index contributed by atoms with van der Waals surface area (Å²) in [7, 11) is 0. The van der Waals surface area contributed by atoms with Gasteiger partial charge in [-0.2, -0.15) is 18.3 Å². The van der Waals surface area contributed by atoms with E-state index in [2.05, 4.69) is 35.4 Å². The molecule has 194 valence electrons. The number of carbonyl (C=O) groups is 2. The number of halogens is 3. The molecule has 3 aromatic rings. The number of hydrogen-bond donors (Lipinski definition) is 3. The lowest BCUT2D eigenvalue weighted by Gasteiger charge is -2.37. The Morgan fingerprint density at radius 3 is 2.81 bits per heavy atom. The molecule has 0 unspecified atom stereocenters. The summed E-state index contributed by atoms with van der Waals surface area (Å²) in [6, 6.07) is 4.92. The topological polar surface area (TPSA) is 132 Å². The third-order valence-corrected chi connectivity index (χ3v) is 6.37. The van der Waals surface area contributed by atoms with E-state index in [1.165, 1.54) is 6.33 Å². The molecule has 37 heavy (non-hydrogen) atoms. The third-order valence-electron chi connectivity index (χ3n) is 6.37. The Kier molecular flexibility index (Phi) is 6.39. The fraction of sp³-hybridized carbons (Fsp3) is 0.391. The standard InChI is InChI=1S/C23H24F3N9O2/c1-13(23(24,25)26)30-19(36)9-15-2-3-17-22(31-15)35(16-5-7-34(17)10-16)11-20(37)32-18-8-14(4-6-27-18)21-28-12-29-33-21/h2-4,6,8,12-13,16H,5,7,9-11H2,1H3,(H,30,36)(H,27,32,37)(H,28,29,33)/t13-,16+/m1/s1. The summed E-state index contributed by atoms with van der Waals surface area (Å²) >= 11 is 0. The van der Waals surface area contributed by atoms with Gasteiger partial charge in [-0.3, -0.25) is 14.7 Å². The maximum absolute atomic E-state index is 13.0. The first-order valence-electron chi connectivity index (χ1n) is 11.7. The lowest BCUT2D eigenvalue weighted by atomic mass is 10.1. The predicted molar refractivity (Wildman–Crippen MR) is 128 cm³/mol. The number of pyridine rings is 2. The van der Waals surface area contributed by atoms with E-state index in [1.54, 1.807) is 30.5 Å². The van der Waals surface area contributed by atoms with E-state index in [0.29, 0.717) is 28.7 Å². The first-order valence-corrected chi connectivity index (χ1v) is 11.7. The number of fused-ring (bicyclic) bond motifs is 4. The number of H-pyrrole nitrogens is 1. The van der Waals surface area contributed by atoms with Crippen molar-refractivity contribution in [3.63, 3.8) is 0 Å². The van der Waals surface area contributed by atoms with Crippen LogP contribution in [0.5, 0.6) is 0 Å². The molecule has 1 fully saturated rings. The largest absolute Gasteiger partial charge is 0.408 e. The lowest BCUT2D eigenvalue weighted by Crippen LogP contribution is -2.46. The molecule has 1 saturated heterocycles. The number of aromatic nitrogens is 5. The van der Waals surface area contributed by atoms with Crippen LogP contribution in [-0.4, -0.2) is 74.9 Å². The molecular formula is C23H24F3N9O2. The zero-order valence-electron chi connectivity index (χ0n) is 19.8. The van der Waals surface area contributed by atoms with E-state index in [4.69, 9.17) is 0 Å². The summed E-state index contributed by atoms with van der Waals surface area (Å²) in [5, 5.41) is 11.3. The van der Waals surface area contributed by atoms with Gasteiger partial charge in [-0.25, -0.2) is 15.0 Å². The lowest BCUT2D eigenvalue weighted by molar-refractivity contribution is -0.157. The molecule has 2 atom stereocenters. The molecule has 0 aliphatic carbocycles. The van der Waals surface area contributed by atoms with Crippen LogP contribution in [0, 0.1) is 0 Å². The molecule has 2 aliphatic heterocycles. The summed E-state index contributed by atoms with van der Waals surface area (Å²) in [5.74, 6) is 0.331. The number of aromatic amines is 1. The van der Waals surface area contributed by atoms with Crippen molar-refractivity contribution in [3.05, 3.63) is 42.5 Å². The van der Waals surface area contributed by atoms with Gasteiger partial charge in [0.05, 0.1) is 30.4 Å². The molecule has 3 aromatic heterocycles. The zero-order valence-corrected chi connectivity index (χ0v) is 19.8. The molecular weight excluding hydrogens is 491 g/mol. The van der Waals surface area contributed by atoms with Crippen molar-refractivity contribution in [2.24, 2.45) is 0 Å². The van der Waals surface area contributed by atoms with Crippen molar-refractivity contribution in [1.82, 2.24) is 30.5 Å². The Balaban J connectivity index is 1.31. The van der Waals surface area contributed by atoms with E-state index in [9.17, 15) is 22.8 Å². The van der Waals surface area contributed by atoms with Crippen LogP contribution in [0.25, 0.3) is 11.4 Å². The van der Waals surface area contributed by atoms with E-state index < -0.39 is 18.1 Å². The van der Waals surface area contributed by atoms with Crippen LogP contribution in [0.15, 0.2) is 36.8 Å². The van der Waals surface area contributed by atoms with Crippen LogP contribution in [0.4, 0.5) is 30.5 Å². The molecule has 0 spiro atoms. The second-order valence-electron chi connectivity index (χ2n) is 8.98. The number of amides is 2. The summed E-state index contributed by atoms with van der Waals surface area (Å²) in [4.78, 5) is 42.1. The van der Waals surface area contributed by atoms with Crippen molar-refractivity contribution in [2.45, 2.75) is 38.0 Å². The van der Waals surface area contributed by atoms with E-state index in [1.807, 2.05) is 10.2 Å². The van der Waals surface area contributed by atoms with Gasteiger partial charge in [-0.15, -0.1) is 0 Å². The van der Waals surface area contributed by atoms with Crippen LogP contribution in [0.3, 0.4) is 0 Å². The minimum atomic E-state index is -4.53. The molecule has 3 N–H and O–H groups in total. The first-order chi connectivity index (χ1) is 17.7. The SMILES string of the molecule is C[C@@H](NC(=O)Cc1ccc2c(n1)N(CC(=O)Nc1cc(-c3ncn[nH]3)ccn1)[C@H]1CCN2C1)C(F)(F)F. The molecule has 0 radical (unpaired) electrons. The smallest absolute Gasteiger partial charge is 0.366 e. The Morgan fingerprint density at radius 2 is 2.05 bits per heavy atom. The number of hydrogen-bond acceptors (Lipinski definition) is 8. The van der Waals surface area contributed by atoms with Gasteiger partial charge in [-0.05, 0) is 37.6 Å². The summed E-state index contributed by atoms with van der Waals surface area (Å²) in [6.07, 6.45) is -1.08. The molecule has 14 heteroatoms. The van der Waals surface area contributed by atoms with Crippen LogP contribution in [0.2, 0.25) is 0 Å². The van der Waals surface area contributed by atoms with Gasteiger partial charge in [0, 0.05) is 24.8 Å². The Hall–Kier alpha value is -4.23. The molecule has 2 bridgehead atoms. The molecule has 0 aromatic carbocycles. The second-order valence-corrected chi connectivity index (χ2v) is 8.98. The third kappa shape index (κ3) is 5.32. The van der Waals surface area contributed by atoms with Crippen LogP contribution in [-0.2, 0) is 16.0 Å². The number of carbonyl (C=O) groups excluding carboxylic acids is 2. The average molecular weight is 516 g/mol. The highest BCUT2D eigenvalue weighted by Gasteiger charge is 2.39. The van der Waals surface area contributed by atoms with Crippen LogP contribution in [0.1, 0.15) is 19.0 Å². The van der Waals surface area contributed by atoms with Crippen molar-refractivity contribution in [1.29, 1.82) is 0 Å². The molecule has 2 amide bonds. The fourth-order valence-corrected chi connectivity index (χ4v) is 4.50. The van der Waals surface area contributed by atoms with Crippen LogP contribution < -0.4 is 20.4 Å². The first kappa shape index (κ1) is 24.5. The number of anilines is 3. The minimum Gasteiger partial charge on any atom is -0.366 e. The van der Waals surface area contributed by atoms with Gasteiger partial charge >= 0.3 is 6.18 Å². The van der Waals surface area contributed by atoms with E-state index in [0.717, 1.165) is 32.1 Å². The van der Waals surface area contributed by atoms with Gasteiger partial charge in [0.1, 0.15) is 18.2 Å². The van der Waals surface area contributed by atoms with Crippen LogP contribution >= 0.6 is 0 Å². The fourth-order valence-electron chi connectivity index (χ4n) is 4.50. The van der Waals surface area contributed by atoms with E-state index >= 15 is 0 Å². The van der Waals surface area contributed by atoms with Crippen molar-refractivity contribution in [2.75, 3.05) is 34.8 Å². The molecule has 11 nitrogen and oxygen atoms in total. The molecule has 2 aliphatic rings. The average Bonchev–Trinajstić information content (AvgIpc) is 3.53. The summed E-state index contributed by atoms with van der Waals surface area (Å²) in [5.41, 5.74) is 1.85. The normalized spacial score (nSPS) is 17.4. The number of alkyl halides is 3. The van der Waals surface area contributed by atoms with Crippen molar-refractivity contribution >= 4 is 29.1 Å². The second kappa shape index (κ2) is 9.67. The van der Waals surface area contributed by atoms with E-state index in [-0.39, 0.29) is 24.9 Å². The Labute approximate surface area is 209 Å². The highest BCUT2D eigenvalue weighted by molar-refractivity contribution is 5.94. The highest BCUT2D eigenvalue weighted by Crippen LogP contribution is 2.38. The Morgan fingerprint density at radius 1 is 1.22 bits per heavy atom. The van der Waals surface area contributed by atoms with Gasteiger partial charge in [-0.1, -0.05) is 0 Å².